The number of nitrogens with one attached hydrogen (secondary N) is 2. The highest BCUT2D eigenvalue weighted by Gasteiger charge is 2.17. The number of nitrogens with zero attached hydrogens (tertiary/aromatic N) is 4. The van der Waals surface area contributed by atoms with Gasteiger partial charge in [0, 0.05) is 24.5 Å². The number of rotatable bonds is 7. The average molecular weight is 511 g/mol. The first-order valence-electron chi connectivity index (χ1n) is 10.8. The zero-order chi connectivity index (χ0) is 25.3. The molecule has 0 saturated carbocycles. The van der Waals surface area contributed by atoms with Gasteiger partial charge in [-0.25, -0.2) is 23.4 Å². The molecular weight excluding hydrogens is 484 g/mol. The molecule has 0 atom stereocenters. The lowest BCUT2D eigenvalue weighted by molar-refractivity contribution is -0.114. The van der Waals surface area contributed by atoms with Gasteiger partial charge in [0.05, 0.1) is 21.7 Å². The highest BCUT2D eigenvalue weighted by molar-refractivity contribution is 7.92. The van der Waals surface area contributed by atoms with Crippen LogP contribution in [0.15, 0.2) is 47.4 Å². The molecule has 9 nitrogen and oxygen atoms in total. The van der Waals surface area contributed by atoms with Crippen molar-refractivity contribution < 1.29 is 13.2 Å². The Labute approximate surface area is 208 Å². The third-order valence-corrected chi connectivity index (χ3v) is 7.97. The topological polar surface area (TPSA) is 117 Å². The van der Waals surface area contributed by atoms with E-state index in [2.05, 4.69) is 26.1 Å². The lowest BCUT2D eigenvalue weighted by Crippen LogP contribution is -2.29. The van der Waals surface area contributed by atoms with Crippen LogP contribution in [0.2, 0.25) is 0 Å². The number of likely N-dealkylation sites (N-methyl/N-ethyl adjacent to an activating group) is 1. The second-order valence-electron chi connectivity index (χ2n) is 8.35. The summed E-state index contributed by atoms with van der Waals surface area (Å²) in [4.78, 5) is 27.4. The molecule has 0 fully saturated rings. The zero-order valence-corrected chi connectivity index (χ0v) is 21.7. The molecule has 0 radical (unpaired) electrons. The average Bonchev–Trinajstić information content (AvgIpc) is 3.23. The molecular formula is C24H26N6O3S2. The van der Waals surface area contributed by atoms with E-state index in [1.165, 1.54) is 12.1 Å². The molecule has 2 aromatic heterocycles. The van der Waals surface area contributed by atoms with Crippen LogP contribution in [0.5, 0.6) is 0 Å². The quantitative estimate of drug-likeness (QED) is 0.383. The SMILES string of the molecule is Cc1cc(NS(=O)(=O)c2ccc(NC(=O)CN(C)c3nc4c(C)ccc(C)c4s3)cc2)nc(C)n1. The maximum atomic E-state index is 12.7. The first-order chi connectivity index (χ1) is 16.5. The molecule has 4 aromatic rings. The van der Waals surface area contributed by atoms with Gasteiger partial charge < -0.3 is 10.2 Å². The Bertz CT molecular complexity index is 1460. The Morgan fingerprint density at radius 3 is 2.31 bits per heavy atom. The van der Waals surface area contributed by atoms with Crippen molar-refractivity contribution in [3.05, 3.63) is 65.1 Å². The largest absolute Gasteiger partial charge is 0.342 e. The van der Waals surface area contributed by atoms with Gasteiger partial charge in [-0.05, 0) is 63.1 Å². The van der Waals surface area contributed by atoms with Crippen molar-refractivity contribution in [2.45, 2.75) is 32.6 Å². The molecule has 0 unspecified atom stereocenters. The van der Waals surface area contributed by atoms with Crippen molar-refractivity contribution in [1.29, 1.82) is 0 Å². The van der Waals surface area contributed by atoms with Crippen LogP contribution < -0.4 is 14.9 Å². The van der Waals surface area contributed by atoms with Crippen LogP contribution in [-0.2, 0) is 14.8 Å². The molecule has 35 heavy (non-hydrogen) atoms. The summed E-state index contributed by atoms with van der Waals surface area (Å²) < 4.78 is 29.0. The summed E-state index contributed by atoms with van der Waals surface area (Å²) in [6.45, 7) is 7.63. The standard InChI is InChI=1S/C24H26N6O3S2/c1-14-6-7-15(2)23-22(14)28-24(34-23)30(5)13-21(31)27-18-8-10-19(11-9-18)35(32,33)29-20-12-16(3)25-17(4)26-20/h6-12H,13H2,1-5H3,(H,27,31)(H,25,26,29). The molecule has 0 aliphatic rings. The molecule has 0 aliphatic carbocycles. The van der Waals surface area contributed by atoms with Crippen LogP contribution in [0.3, 0.4) is 0 Å². The minimum Gasteiger partial charge on any atom is -0.342 e. The van der Waals surface area contributed by atoms with Gasteiger partial charge in [-0.1, -0.05) is 23.5 Å². The molecule has 0 bridgehead atoms. The summed E-state index contributed by atoms with van der Waals surface area (Å²) in [6, 6.07) is 11.6. The molecule has 11 heteroatoms. The molecule has 4 rings (SSSR count). The third-order valence-electron chi connectivity index (χ3n) is 5.29. The highest BCUT2D eigenvalue weighted by atomic mass is 32.2. The fourth-order valence-corrected chi connectivity index (χ4v) is 5.64. The van der Waals surface area contributed by atoms with Crippen molar-refractivity contribution in [3.8, 4) is 0 Å². The number of aryl methyl sites for hydroxylation is 4. The number of thiazole rings is 1. The van der Waals surface area contributed by atoms with Gasteiger partial charge in [-0.2, -0.15) is 0 Å². The summed E-state index contributed by atoms with van der Waals surface area (Å²) in [5.74, 6) is 0.443. The number of fused-ring (bicyclic) bond motifs is 1. The minimum atomic E-state index is -3.84. The number of hydrogen-bond acceptors (Lipinski definition) is 8. The first-order valence-corrected chi connectivity index (χ1v) is 13.1. The van der Waals surface area contributed by atoms with Gasteiger partial charge in [-0.3, -0.25) is 9.52 Å². The van der Waals surface area contributed by atoms with Crippen LogP contribution in [0.4, 0.5) is 16.6 Å². The van der Waals surface area contributed by atoms with Crippen LogP contribution in [-0.4, -0.2) is 42.9 Å². The van der Waals surface area contributed by atoms with Crippen molar-refractivity contribution >= 4 is 54.1 Å². The van der Waals surface area contributed by atoms with Crippen LogP contribution in [0, 0.1) is 27.7 Å². The Morgan fingerprint density at radius 2 is 1.66 bits per heavy atom. The summed E-state index contributed by atoms with van der Waals surface area (Å²) in [5, 5.41) is 3.56. The van der Waals surface area contributed by atoms with Crippen LogP contribution in [0.25, 0.3) is 10.2 Å². The lowest BCUT2D eigenvalue weighted by Gasteiger charge is -2.15. The van der Waals surface area contributed by atoms with Gasteiger partial charge in [0.25, 0.3) is 10.0 Å². The lowest BCUT2D eigenvalue weighted by atomic mass is 10.1. The number of carbonyl (C=O) groups excluding carboxylic acids is 1. The molecule has 2 heterocycles. The monoisotopic (exact) mass is 510 g/mol. The second kappa shape index (κ2) is 9.59. The van der Waals surface area contributed by atoms with Crippen molar-refractivity contribution in [1.82, 2.24) is 15.0 Å². The number of hydrogen-bond donors (Lipinski definition) is 2. The van der Waals surface area contributed by atoms with Crippen molar-refractivity contribution in [2.24, 2.45) is 0 Å². The molecule has 2 aromatic carbocycles. The maximum absolute atomic E-state index is 12.7. The molecule has 0 spiro atoms. The third kappa shape index (κ3) is 5.57. The second-order valence-corrected chi connectivity index (χ2v) is 11.0. The number of aromatic nitrogens is 3. The van der Waals surface area contributed by atoms with Gasteiger partial charge >= 0.3 is 0 Å². The number of anilines is 3. The van der Waals surface area contributed by atoms with E-state index < -0.39 is 10.0 Å². The highest BCUT2D eigenvalue weighted by Crippen LogP contribution is 2.32. The van der Waals surface area contributed by atoms with E-state index in [0.29, 0.717) is 17.2 Å². The smallest absolute Gasteiger partial charge is 0.263 e. The molecule has 1 amide bonds. The van der Waals surface area contributed by atoms with Crippen molar-refractivity contribution in [2.75, 3.05) is 28.5 Å². The maximum Gasteiger partial charge on any atom is 0.263 e. The van der Waals surface area contributed by atoms with Gasteiger partial charge in [0.2, 0.25) is 5.91 Å². The first kappa shape index (κ1) is 24.6. The predicted octanol–water partition coefficient (Wildman–Crippen LogP) is 4.20. The van der Waals surface area contributed by atoms with Gasteiger partial charge in [0.15, 0.2) is 5.13 Å². The van der Waals surface area contributed by atoms with Gasteiger partial charge in [-0.15, -0.1) is 0 Å². The summed E-state index contributed by atoms with van der Waals surface area (Å²) in [7, 11) is -2.02. The van der Waals surface area contributed by atoms with E-state index in [-0.39, 0.29) is 23.2 Å². The normalized spacial score (nSPS) is 11.5. The zero-order valence-electron chi connectivity index (χ0n) is 20.1. The Hall–Kier alpha value is -3.57. The van der Waals surface area contributed by atoms with E-state index in [1.54, 1.807) is 48.3 Å². The van der Waals surface area contributed by atoms with E-state index in [4.69, 9.17) is 4.98 Å². The van der Waals surface area contributed by atoms with E-state index in [0.717, 1.165) is 26.5 Å². The molecule has 0 aliphatic heterocycles. The number of amides is 1. The van der Waals surface area contributed by atoms with Crippen LogP contribution >= 0.6 is 11.3 Å². The molecule has 2 N–H and O–H groups in total. The van der Waals surface area contributed by atoms with E-state index in [9.17, 15) is 13.2 Å². The number of benzene rings is 2. The summed E-state index contributed by atoms with van der Waals surface area (Å²) in [6.07, 6.45) is 0. The Kier molecular flexibility index (Phi) is 6.73. The number of carbonyl (C=O) groups is 1. The molecule has 182 valence electrons. The predicted molar refractivity (Wildman–Crippen MR) is 140 cm³/mol. The number of sulfonamides is 1. The summed E-state index contributed by atoms with van der Waals surface area (Å²) in [5.41, 5.74) is 4.36. The minimum absolute atomic E-state index is 0.0572. The Morgan fingerprint density at radius 1 is 0.971 bits per heavy atom. The van der Waals surface area contributed by atoms with E-state index in [1.807, 2.05) is 27.0 Å². The fraction of sp³-hybridized carbons (Fsp3) is 0.250. The van der Waals surface area contributed by atoms with Crippen molar-refractivity contribution in [3.63, 3.8) is 0 Å². The molecule has 0 saturated heterocycles. The van der Waals surface area contributed by atoms with Crippen LogP contribution in [0.1, 0.15) is 22.6 Å². The Balaban J connectivity index is 1.41. The van der Waals surface area contributed by atoms with E-state index >= 15 is 0 Å². The summed E-state index contributed by atoms with van der Waals surface area (Å²) >= 11 is 1.55. The fourth-order valence-electron chi connectivity index (χ4n) is 3.58. The van der Waals surface area contributed by atoms with Gasteiger partial charge in [0.1, 0.15) is 11.6 Å².